The van der Waals surface area contributed by atoms with Gasteiger partial charge in [-0.1, -0.05) is 31.2 Å². The van der Waals surface area contributed by atoms with Gasteiger partial charge >= 0.3 is 12.1 Å². The molecule has 200 valence electrons. The van der Waals surface area contributed by atoms with Crippen molar-refractivity contribution in [2.75, 3.05) is 37.5 Å². The van der Waals surface area contributed by atoms with Gasteiger partial charge in [-0.2, -0.15) is 0 Å². The largest absolute Gasteiger partial charge is 0.497 e. The molecule has 1 aliphatic heterocycles. The zero-order valence-electron chi connectivity index (χ0n) is 21.5. The molecule has 1 heterocycles. The van der Waals surface area contributed by atoms with Crippen molar-refractivity contribution >= 4 is 29.5 Å². The number of nitrogens with zero attached hydrogens (tertiary/aromatic N) is 2. The van der Waals surface area contributed by atoms with E-state index in [1.165, 1.54) is 15.5 Å². The number of carbonyl (C=O) groups is 2. The molecule has 0 fully saturated rings. The third-order valence-electron chi connectivity index (χ3n) is 6.28. The average Bonchev–Trinajstić information content (AvgIpc) is 2.94. The molecule has 3 aromatic rings. The molecule has 38 heavy (non-hydrogen) atoms. The summed E-state index contributed by atoms with van der Waals surface area (Å²) < 4.78 is 16.6. The Labute approximate surface area is 227 Å². The van der Waals surface area contributed by atoms with E-state index in [0.717, 1.165) is 24.4 Å². The predicted octanol–water partition coefficient (Wildman–Crippen LogP) is 5.55. The molecule has 3 aromatic carbocycles. The first-order valence-electron chi connectivity index (χ1n) is 12.5. The van der Waals surface area contributed by atoms with Gasteiger partial charge < -0.3 is 24.2 Å². The molecule has 1 aliphatic rings. The minimum Gasteiger partial charge on any atom is -0.497 e. The van der Waals surface area contributed by atoms with Gasteiger partial charge in [0.2, 0.25) is 0 Å². The van der Waals surface area contributed by atoms with Gasteiger partial charge in [0.05, 0.1) is 19.3 Å². The Morgan fingerprint density at radius 3 is 2.37 bits per heavy atom. The summed E-state index contributed by atoms with van der Waals surface area (Å²) in [6.07, 6.45) is -0.489. The molecular formula is C29H32N2O6S. The number of anilines is 1. The monoisotopic (exact) mass is 536 g/mol. The third-order valence-corrected chi connectivity index (χ3v) is 7.32. The number of rotatable bonds is 11. The molecule has 0 bridgehead atoms. The maximum absolute atomic E-state index is 13.0. The van der Waals surface area contributed by atoms with E-state index in [2.05, 4.69) is 29.2 Å². The number of ether oxygens (including phenoxy) is 3. The highest BCUT2D eigenvalue weighted by molar-refractivity contribution is 7.99. The quantitative estimate of drug-likeness (QED) is 0.341. The summed E-state index contributed by atoms with van der Waals surface area (Å²) in [6.45, 7) is 4.11. The number of carboxylic acids is 1. The maximum Gasteiger partial charge on any atom is 0.416 e. The number of carbonyl (C=O) groups excluding carboxylic acids is 1. The van der Waals surface area contributed by atoms with Crippen LogP contribution in [0.2, 0.25) is 0 Å². The van der Waals surface area contributed by atoms with Crippen LogP contribution in [0.15, 0.2) is 77.7 Å². The third kappa shape index (κ3) is 6.92. The highest BCUT2D eigenvalue weighted by atomic mass is 32.2. The molecule has 1 unspecified atom stereocenters. The molecule has 1 N–H and O–H groups in total. The maximum atomic E-state index is 13.0. The van der Waals surface area contributed by atoms with Crippen LogP contribution in [0.5, 0.6) is 17.2 Å². The fourth-order valence-corrected chi connectivity index (χ4v) is 5.31. The Morgan fingerprint density at radius 1 is 1.00 bits per heavy atom. The number of carboxylic acid groups (broad SMARTS) is 1. The number of para-hydroxylation sites is 1. The predicted molar refractivity (Wildman–Crippen MR) is 148 cm³/mol. The van der Waals surface area contributed by atoms with E-state index in [1.807, 2.05) is 36.0 Å². The van der Waals surface area contributed by atoms with E-state index >= 15 is 0 Å². The molecule has 0 radical (unpaired) electrons. The summed E-state index contributed by atoms with van der Waals surface area (Å²) in [6, 6.07) is 21.3. The van der Waals surface area contributed by atoms with E-state index < -0.39 is 18.1 Å². The smallest absolute Gasteiger partial charge is 0.416 e. The van der Waals surface area contributed by atoms with Crippen LogP contribution in [0.1, 0.15) is 18.9 Å². The molecule has 9 heteroatoms. The molecule has 0 aliphatic carbocycles. The second kappa shape index (κ2) is 13.1. The zero-order chi connectivity index (χ0) is 26.9. The van der Waals surface area contributed by atoms with Gasteiger partial charge in [0.25, 0.3) is 0 Å². The SMILES string of the molecule is CCC(C(=O)O)N(Cc1ccc(OCCN2CCSc3ccccc32)cc1)C(=O)Oc1ccc(OC)cc1. The van der Waals surface area contributed by atoms with Gasteiger partial charge in [-0.05, 0) is 60.5 Å². The van der Waals surface area contributed by atoms with Crippen LogP contribution in [0.25, 0.3) is 0 Å². The average molecular weight is 537 g/mol. The minimum absolute atomic E-state index is 0.0856. The van der Waals surface area contributed by atoms with Gasteiger partial charge in [0.15, 0.2) is 0 Å². The Hall–Kier alpha value is -3.85. The number of methoxy groups -OCH3 is 1. The van der Waals surface area contributed by atoms with Gasteiger partial charge in [0.1, 0.15) is 29.9 Å². The van der Waals surface area contributed by atoms with Crippen molar-refractivity contribution in [3.8, 4) is 17.2 Å². The van der Waals surface area contributed by atoms with E-state index in [9.17, 15) is 14.7 Å². The Bertz CT molecular complexity index is 1220. The van der Waals surface area contributed by atoms with Gasteiger partial charge in [-0.25, -0.2) is 9.59 Å². The lowest BCUT2D eigenvalue weighted by Crippen LogP contribution is -2.45. The van der Waals surface area contributed by atoms with Crippen LogP contribution in [0.3, 0.4) is 0 Å². The molecular weight excluding hydrogens is 504 g/mol. The number of aliphatic carboxylic acids is 1. The molecule has 0 spiro atoms. The normalized spacial score (nSPS) is 13.3. The molecule has 0 saturated carbocycles. The number of amides is 1. The van der Waals surface area contributed by atoms with Crippen molar-refractivity contribution in [2.45, 2.75) is 30.8 Å². The van der Waals surface area contributed by atoms with Crippen molar-refractivity contribution in [3.63, 3.8) is 0 Å². The second-order valence-electron chi connectivity index (χ2n) is 8.73. The van der Waals surface area contributed by atoms with E-state index in [0.29, 0.717) is 23.9 Å². The summed E-state index contributed by atoms with van der Waals surface area (Å²) in [4.78, 5) is 29.8. The van der Waals surface area contributed by atoms with Crippen molar-refractivity contribution < 1.29 is 28.9 Å². The lowest BCUT2D eigenvalue weighted by atomic mass is 10.1. The van der Waals surface area contributed by atoms with Crippen LogP contribution in [-0.4, -0.2) is 60.7 Å². The topological polar surface area (TPSA) is 88.5 Å². The van der Waals surface area contributed by atoms with Crippen LogP contribution < -0.4 is 19.1 Å². The summed E-state index contributed by atoms with van der Waals surface area (Å²) >= 11 is 1.88. The summed E-state index contributed by atoms with van der Waals surface area (Å²) in [5, 5.41) is 9.72. The minimum atomic E-state index is -1.09. The Morgan fingerprint density at radius 2 is 1.68 bits per heavy atom. The van der Waals surface area contributed by atoms with Crippen LogP contribution >= 0.6 is 11.8 Å². The summed E-state index contributed by atoms with van der Waals surface area (Å²) in [5.41, 5.74) is 2.01. The van der Waals surface area contributed by atoms with Crippen molar-refractivity contribution in [3.05, 3.63) is 78.4 Å². The molecule has 0 aromatic heterocycles. The first kappa shape index (κ1) is 27.2. The van der Waals surface area contributed by atoms with Crippen LogP contribution in [0.4, 0.5) is 10.5 Å². The fraction of sp³-hybridized carbons (Fsp3) is 0.310. The lowest BCUT2D eigenvalue weighted by Gasteiger charge is -2.30. The highest BCUT2D eigenvalue weighted by Gasteiger charge is 2.30. The van der Waals surface area contributed by atoms with E-state index in [4.69, 9.17) is 14.2 Å². The molecule has 0 saturated heterocycles. The second-order valence-corrected chi connectivity index (χ2v) is 9.87. The number of hydrogen-bond donors (Lipinski definition) is 1. The van der Waals surface area contributed by atoms with E-state index in [-0.39, 0.29) is 13.0 Å². The highest BCUT2D eigenvalue weighted by Crippen LogP contribution is 2.34. The van der Waals surface area contributed by atoms with Gasteiger partial charge in [-0.3, -0.25) is 4.90 Å². The summed E-state index contributed by atoms with van der Waals surface area (Å²) in [7, 11) is 1.55. The molecule has 8 nitrogen and oxygen atoms in total. The Kier molecular flexibility index (Phi) is 9.37. The first-order chi connectivity index (χ1) is 18.5. The first-order valence-corrected chi connectivity index (χ1v) is 13.5. The van der Waals surface area contributed by atoms with Crippen molar-refractivity contribution in [1.29, 1.82) is 0 Å². The number of hydrogen-bond acceptors (Lipinski definition) is 7. The number of fused-ring (bicyclic) bond motifs is 1. The van der Waals surface area contributed by atoms with Crippen molar-refractivity contribution in [2.24, 2.45) is 0 Å². The number of benzene rings is 3. The van der Waals surface area contributed by atoms with Gasteiger partial charge in [0, 0.05) is 23.7 Å². The van der Waals surface area contributed by atoms with Crippen molar-refractivity contribution in [1.82, 2.24) is 4.90 Å². The van der Waals surface area contributed by atoms with Gasteiger partial charge in [-0.15, -0.1) is 11.8 Å². The lowest BCUT2D eigenvalue weighted by molar-refractivity contribution is -0.142. The zero-order valence-corrected chi connectivity index (χ0v) is 22.4. The molecule has 1 atom stereocenters. The van der Waals surface area contributed by atoms with Crippen LogP contribution in [-0.2, 0) is 11.3 Å². The fourth-order valence-electron chi connectivity index (χ4n) is 4.25. The van der Waals surface area contributed by atoms with E-state index in [1.54, 1.807) is 38.3 Å². The number of thioether (sulfide) groups is 1. The summed E-state index contributed by atoms with van der Waals surface area (Å²) in [5.74, 6) is 1.61. The standard InChI is InChI=1S/C29H32N2O6S/c1-3-25(28(32)33)31(29(34)37-24-14-12-22(35-2)13-15-24)20-21-8-10-23(11-9-21)36-18-16-30-17-19-38-27-7-5-4-6-26(27)30/h4-15,25H,3,16-20H2,1-2H3,(H,32,33). The van der Waals surface area contributed by atoms with Crippen LogP contribution in [0, 0.1) is 0 Å². The Balaban J connectivity index is 1.37. The molecule has 1 amide bonds. The molecule has 4 rings (SSSR count).